The van der Waals surface area contributed by atoms with Gasteiger partial charge in [-0.25, -0.2) is 0 Å². The average Bonchev–Trinajstić information content (AvgIpc) is 2.64. The largest absolute Gasteiger partial charge is 0.322 e. The van der Waals surface area contributed by atoms with Gasteiger partial charge in [0.25, 0.3) is 5.91 Å². The van der Waals surface area contributed by atoms with Gasteiger partial charge in [0.05, 0.1) is 0 Å². The zero-order chi connectivity index (χ0) is 17.6. The highest BCUT2D eigenvalue weighted by Crippen LogP contribution is 2.21. The number of carbonyl (C=O) groups excluding carboxylic acids is 1. The minimum atomic E-state index is -0.0645. The zero-order valence-corrected chi connectivity index (χ0v) is 15.7. The molecule has 25 heavy (non-hydrogen) atoms. The maximum absolute atomic E-state index is 12.7. The number of carbonyl (C=O) groups is 1. The molecule has 0 aliphatic carbocycles. The van der Waals surface area contributed by atoms with Gasteiger partial charge in [-0.2, -0.15) is 0 Å². The van der Waals surface area contributed by atoms with Crippen LogP contribution in [-0.2, 0) is 12.8 Å². The van der Waals surface area contributed by atoms with E-state index in [0.717, 1.165) is 39.7 Å². The summed E-state index contributed by atoms with van der Waals surface area (Å²) in [7, 11) is 0. The molecule has 3 aromatic carbocycles. The lowest BCUT2D eigenvalue weighted by atomic mass is 9.99. The quantitative estimate of drug-likeness (QED) is 0.583. The first-order chi connectivity index (χ1) is 12.1. The molecule has 3 heteroatoms. The van der Waals surface area contributed by atoms with E-state index in [1.165, 1.54) is 5.56 Å². The standard InChI is InChI=1S/C22H20BrNO/c1-16-15-19(13-14-21(16)23)24-22(25)20-10-6-5-9-18(20)12-11-17-7-3-2-4-8-17/h2-10,13-15H,11-12H2,1H3,(H,24,25). The third-order valence-electron chi connectivity index (χ3n) is 4.20. The van der Waals surface area contributed by atoms with Crippen molar-refractivity contribution in [2.45, 2.75) is 19.8 Å². The number of nitrogens with one attached hydrogen (secondary N) is 1. The van der Waals surface area contributed by atoms with E-state index < -0.39 is 0 Å². The first kappa shape index (κ1) is 17.4. The average molecular weight is 394 g/mol. The van der Waals surface area contributed by atoms with Gasteiger partial charge in [0, 0.05) is 15.7 Å². The molecule has 3 aromatic rings. The van der Waals surface area contributed by atoms with Gasteiger partial charge in [-0.05, 0) is 60.7 Å². The molecule has 0 radical (unpaired) electrons. The summed E-state index contributed by atoms with van der Waals surface area (Å²) in [5.41, 5.74) is 4.98. The Kier molecular flexibility index (Phi) is 5.67. The van der Waals surface area contributed by atoms with Crippen LogP contribution in [0.15, 0.2) is 77.3 Å². The van der Waals surface area contributed by atoms with Gasteiger partial charge in [0.1, 0.15) is 0 Å². The van der Waals surface area contributed by atoms with Crippen molar-refractivity contribution in [2.75, 3.05) is 5.32 Å². The van der Waals surface area contributed by atoms with Crippen LogP contribution in [0.5, 0.6) is 0 Å². The van der Waals surface area contributed by atoms with Gasteiger partial charge in [0.15, 0.2) is 0 Å². The summed E-state index contributed by atoms with van der Waals surface area (Å²) < 4.78 is 1.04. The predicted octanol–water partition coefficient (Wildman–Crippen LogP) is 5.80. The Hall–Kier alpha value is -2.39. The van der Waals surface area contributed by atoms with Gasteiger partial charge in [-0.15, -0.1) is 0 Å². The monoisotopic (exact) mass is 393 g/mol. The molecule has 1 N–H and O–H groups in total. The van der Waals surface area contributed by atoms with Crippen LogP contribution in [0.1, 0.15) is 27.0 Å². The summed E-state index contributed by atoms with van der Waals surface area (Å²) in [6, 6.07) is 24.0. The molecule has 1 amide bonds. The molecule has 0 aliphatic heterocycles. The minimum absolute atomic E-state index is 0.0645. The molecule has 0 aliphatic rings. The molecule has 0 bridgehead atoms. The zero-order valence-electron chi connectivity index (χ0n) is 14.1. The molecule has 0 unspecified atom stereocenters. The molecular formula is C22H20BrNO. The van der Waals surface area contributed by atoms with E-state index in [9.17, 15) is 4.79 Å². The van der Waals surface area contributed by atoms with Crippen LogP contribution in [0.3, 0.4) is 0 Å². The van der Waals surface area contributed by atoms with Gasteiger partial charge >= 0.3 is 0 Å². The molecule has 0 atom stereocenters. The van der Waals surface area contributed by atoms with E-state index in [1.807, 2.05) is 67.6 Å². The Bertz CT molecular complexity index is 874. The lowest BCUT2D eigenvalue weighted by molar-refractivity contribution is 0.102. The lowest BCUT2D eigenvalue weighted by Crippen LogP contribution is -2.14. The molecule has 0 fully saturated rings. The molecule has 0 aromatic heterocycles. The maximum atomic E-state index is 12.7. The molecule has 0 saturated heterocycles. The van der Waals surface area contributed by atoms with Crippen molar-refractivity contribution in [3.05, 3.63) is 99.5 Å². The Labute approximate surface area is 157 Å². The van der Waals surface area contributed by atoms with Crippen LogP contribution in [-0.4, -0.2) is 5.91 Å². The van der Waals surface area contributed by atoms with Crippen molar-refractivity contribution in [2.24, 2.45) is 0 Å². The van der Waals surface area contributed by atoms with Crippen molar-refractivity contribution in [3.8, 4) is 0 Å². The highest BCUT2D eigenvalue weighted by atomic mass is 79.9. The van der Waals surface area contributed by atoms with Crippen LogP contribution in [0, 0.1) is 6.92 Å². The summed E-state index contributed by atoms with van der Waals surface area (Å²) in [5.74, 6) is -0.0645. The first-order valence-corrected chi connectivity index (χ1v) is 9.12. The first-order valence-electron chi connectivity index (χ1n) is 8.33. The second-order valence-electron chi connectivity index (χ2n) is 6.06. The van der Waals surface area contributed by atoms with E-state index in [-0.39, 0.29) is 5.91 Å². The Morgan fingerprint density at radius 3 is 2.40 bits per heavy atom. The van der Waals surface area contributed by atoms with E-state index in [1.54, 1.807) is 0 Å². The van der Waals surface area contributed by atoms with Crippen molar-refractivity contribution in [3.63, 3.8) is 0 Å². The Morgan fingerprint density at radius 2 is 1.64 bits per heavy atom. The van der Waals surface area contributed by atoms with Gasteiger partial charge in [-0.3, -0.25) is 4.79 Å². The van der Waals surface area contributed by atoms with Gasteiger partial charge in [-0.1, -0.05) is 64.5 Å². The van der Waals surface area contributed by atoms with Crippen LogP contribution >= 0.6 is 15.9 Å². The number of aryl methyl sites for hydroxylation is 3. The highest BCUT2D eigenvalue weighted by molar-refractivity contribution is 9.10. The number of hydrogen-bond acceptors (Lipinski definition) is 1. The fourth-order valence-corrected chi connectivity index (χ4v) is 3.05. The number of hydrogen-bond donors (Lipinski definition) is 1. The molecule has 2 nitrogen and oxygen atoms in total. The van der Waals surface area contributed by atoms with Crippen molar-refractivity contribution in [1.82, 2.24) is 0 Å². The third kappa shape index (κ3) is 4.58. The highest BCUT2D eigenvalue weighted by Gasteiger charge is 2.11. The smallest absolute Gasteiger partial charge is 0.255 e. The van der Waals surface area contributed by atoms with Crippen molar-refractivity contribution in [1.29, 1.82) is 0 Å². The number of benzene rings is 3. The fourth-order valence-electron chi connectivity index (χ4n) is 2.80. The van der Waals surface area contributed by atoms with Gasteiger partial charge in [0.2, 0.25) is 0 Å². The second kappa shape index (κ2) is 8.13. The van der Waals surface area contributed by atoms with E-state index in [2.05, 4.69) is 33.4 Å². The summed E-state index contributed by atoms with van der Waals surface area (Å²) in [6.45, 7) is 2.01. The van der Waals surface area contributed by atoms with E-state index >= 15 is 0 Å². The van der Waals surface area contributed by atoms with Crippen LogP contribution in [0.2, 0.25) is 0 Å². The second-order valence-corrected chi connectivity index (χ2v) is 6.92. The SMILES string of the molecule is Cc1cc(NC(=O)c2ccccc2CCc2ccccc2)ccc1Br. The number of halogens is 1. The molecular weight excluding hydrogens is 374 g/mol. The molecule has 0 heterocycles. The minimum Gasteiger partial charge on any atom is -0.322 e. The predicted molar refractivity (Wildman–Crippen MR) is 107 cm³/mol. The summed E-state index contributed by atoms with van der Waals surface area (Å²) >= 11 is 3.48. The fraction of sp³-hybridized carbons (Fsp3) is 0.136. The van der Waals surface area contributed by atoms with Crippen LogP contribution < -0.4 is 5.32 Å². The van der Waals surface area contributed by atoms with Gasteiger partial charge < -0.3 is 5.32 Å². The Balaban J connectivity index is 1.75. The normalized spacial score (nSPS) is 10.5. The van der Waals surface area contributed by atoms with Crippen LogP contribution in [0.25, 0.3) is 0 Å². The molecule has 126 valence electrons. The Morgan fingerprint density at radius 1 is 0.920 bits per heavy atom. The summed E-state index contributed by atoms with van der Waals surface area (Å²) in [4.78, 5) is 12.7. The number of rotatable bonds is 5. The lowest BCUT2D eigenvalue weighted by Gasteiger charge is -2.11. The third-order valence-corrected chi connectivity index (χ3v) is 5.09. The number of anilines is 1. The topological polar surface area (TPSA) is 29.1 Å². The number of amides is 1. The van der Waals surface area contributed by atoms with Crippen LogP contribution in [0.4, 0.5) is 5.69 Å². The summed E-state index contributed by atoms with van der Waals surface area (Å²) in [6.07, 6.45) is 1.76. The van der Waals surface area contributed by atoms with Crippen molar-refractivity contribution < 1.29 is 4.79 Å². The summed E-state index contributed by atoms with van der Waals surface area (Å²) in [5, 5.41) is 3.01. The van der Waals surface area contributed by atoms with E-state index in [0.29, 0.717) is 0 Å². The van der Waals surface area contributed by atoms with Crippen molar-refractivity contribution >= 4 is 27.5 Å². The van der Waals surface area contributed by atoms with E-state index in [4.69, 9.17) is 0 Å². The molecule has 0 spiro atoms. The molecule has 3 rings (SSSR count). The molecule has 0 saturated carbocycles. The maximum Gasteiger partial charge on any atom is 0.255 e.